The molecule has 0 fully saturated rings. The Balaban J connectivity index is 2.00. The van der Waals surface area contributed by atoms with Gasteiger partial charge in [0.25, 0.3) is 0 Å². The van der Waals surface area contributed by atoms with Gasteiger partial charge in [-0.15, -0.1) is 0 Å². The lowest BCUT2D eigenvalue weighted by Gasteiger charge is -2.22. The Morgan fingerprint density at radius 3 is 2.50 bits per heavy atom. The summed E-state index contributed by atoms with van der Waals surface area (Å²) in [6, 6.07) is 15.8. The molecule has 0 bridgehead atoms. The van der Waals surface area contributed by atoms with Crippen LogP contribution in [0.1, 0.15) is 5.56 Å². The molecule has 0 spiro atoms. The van der Waals surface area contributed by atoms with E-state index in [-0.39, 0.29) is 23.9 Å². The van der Waals surface area contributed by atoms with E-state index in [1.807, 2.05) is 35.2 Å². The molecule has 0 saturated heterocycles. The van der Waals surface area contributed by atoms with Crippen molar-refractivity contribution >= 4 is 11.6 Å². The average molecular weight is 364 g/mol. The number of rotatable bonds is 10. The number of hydrogen-bond acceptors (Lipinski definition) is 4. The van der Waals surface area contributed by atoms with Gasteiger partial charge in [-0.05, 0) is 17.7 Å². The van der Waals surface area contributed by atoms with E-state index in [4.69, 9.17) is 4.74 Å². The molecule has 0 heterocycles. The number of nitrogens with zero attached hydrogens (tertiary/aromatic N) is 1. The van der Waals surface area contributed by atoms with Crippen LogP contribution in [-0.4, -0.2) is 44.2 Å². The summed E-state index contributed by atoms with van der Waals surface area (Å²) in [5, 5.41) is 2.63. The van der Waals surface area contributed by atoms with Crippen LogP contribution in [0.5, 0.6) is 5.75 Å². The highest BCUT2D eigenvalue weighted by atomic mass is 19.3. The Labute approximate surface area is 151 Å². The van der Waals surface area contributed by atoms with E-state index in [0.29, 0.717) is 19.7 Å². The summed E-state index contributed by atoms with van der Waals surface area (Å²) in [5.74, 6) is -0.385. The summed E-state index contributed by atoms with van der Waals surface area (Å²) < 4.78 is 34.5. The van der Waals surface area contributed by atoms with Crippen LogP contribution in [0.25, 0.3) is 0 Å². The maximum Gasteiger partial charge on any atom is 0.387 e. The standard InChI is InChI=1S/C19H22F2N2O3/c1-25-12-11-23(13-15-7-3-2-4-8-15)14-18(24)22-16-9-5-6-10-17(16)26-19(20)21/h2-10,19H,11-14H2,1H3,(H,22,24). The van der Waals surface area contributed by atoms with Crippen molar-refractivity contribution in [1.29, 1.82) is 0 Å². The molecule has 0 unspecified atom stereocenters. The van der Waals surface area contributed by atoms with Gasteiger partial charge in [-0.2, -0.15) is 8.78 Å². The van der Waals surface area contributed by atoms with Gasteiger partial charge >= 0.3 is 6.61 Å². The van der Waals surface area contributed by atoms with E-state index >= 15 is 0 Å². The number of carbonyl (C=O) groups is 1. The molecule has 2 aromatic rings. The Morgan fingerprint density at radius 1 is 1.12 bits per heavy atom. The van der Waals surface area contributed by atoms with E-state index < -0.39 is 6.61 Å². The van der Waals surface area contributed by atoms with Crippen LogP contribution in [0.3, 0.4) is 0 Å². The molecule has 0 aliphatic carbocycles. The van der Waals surface area contributed by atoms with Crippen LogP contribution in [0.4, 0.5) is 14.5 Å². The van der Waals surface area contributed by atoms with Crippen molar-refractivity contribution in [3.8, 4) is 5.75 Å². The summed E-state index contributed by atoms with van der Waals surface area (Å²) in [5.41, 5.74) is 1.28. The lowest BCUT2D eigenvalue weighted by atomic mass is 10.2. The largest absolute Gasteiger partial charge is 0.433 e. The third kappa shape index (κ3) is 6.78. The molecule has 140 valence electrons. The number of alkyl halides is 2. The number of halogens is 2. The molecule has 5 nitrogen and oxygen atoms in total. The topological polar surface area (TPSA) is 50.8 Å². The van der Waals surface area contributed by atoms with E-state index in [9.17, 15) is 13.6 Å². The molecule has 0 aliphatic heterocycles. The minimum Gasteiger partial charge on any atom is -0.433 e. The second-order valence-electron chi connectivity index (χ2n) is 5.61. The predicted molar refractivity (Wildman–Crippen MR) is 95.3 cm³/mol. The summed E-state index contributed by atoms with van der Waals surface area (Å²) >= 11 is 0. The van der Waals surface area contributed by atoms with Crippen LogP contribution in [0.2, 0.25) is 0 Å². The molecule has 0 saturated carbocycles. The van der Waals surface area contributed by atoms with E-state index in [1.165, 1.54) is 12.1 Å². The molecule has 0 atom stereocenters. The number of benzene rings is 2. The number of anilines is 1. The Kier molecular flexibility index (Phi) is 7.98. The second kappa shape index (κ2) is 10.5. The molecule has 0 aliphatic rings. The number of carbonyl (C=O) groups excluding carboxylic acids is 1. The highest BCUT2D eigenvalue weighted by molar-refractivity contribution is 5.93. The van der Waals surface area contributed by atoms with Gasteiger partial charge in [0, 0.05) is 20.2 Å². The summed E-state index contributed by atoms with van der Waals surface area (Å²) in [4.78, 5) is 14.3. The van der Waals surface area contributed by atoms with Crippen molar-refractivity contribution in [3.05, 3.63) is 60.2 Å². The minimum absolute atomic E-state index is 0.0673. The van der Waals surface area contributed by atoms with Gasteiger partial charge in [-0.25, -0.2) is 0 Å². The van der Waals surface area contributed by atoms with Crippen molar-refractivity contribution in [2.24, 2.45) is 0 Å². The van der Waals surface area contributed by atoms with E-state index in [1.54, 1.807) is 19.2 Å². The van der Waals surface area contributed by atoms with Gasteiger partial charge in [-0.1, -0.05) is 42.5 Å². The molecule has 26 heavy (non-hydrogen) atoms. The van der Waals surface area contributed by atoms with Gasteiger partial charge < -0.3 is 14.8 Å². The zero-order chi connectivity index (χ0) is 18.8. The van der Waals surface area contributed by atoms with Crippen molar-refractivity contribution < 1.29 is 23.0 Å². The third-order valence-corrected chi connectivity index (χ3v) is 3.61. The Bertz CT molecular complexity index is 683. The first kappa shape index (κ1) is 19.8. The monoisotopic (exact) mass is 364 g/mol. The molecule has 0 radical (unpaired) electrons. The highest BCUT2D eigenvalue weighted by Crippen LogP contribution is 2.25. The zero-order valence-electron chi connectivity index (χ0n) is 14.5. The Morgan fingerprint density at radius 2 is 1.81 bits per heavy atom. The maximum absolute atomic E-state index is 12.5. The molecule has 1 amide bonds. The summed E-state index contributed by atoms with van der Waals surface area (Å²) in [6.45, 7) is -1.24. The highest BCUT2D eigenvalue weighted by Gasteiger charge is 2.15. The van der Waals surface area contributed by atoms with Crippen LogP contribution >= 0.6 is 0 Å². The smallest absolute Gasteiger partial charge is 0.387 e. The number of ether oxygens (including phenoxy) is 2. The SMILES string of the molecule is COCCN(CC(=O)Nc1ccccc1OC(F)F)Cc1ccccc1. The van der Waals surface area contributed by atoms with Gasteiger partial charge in [0.05, 0.1) is 18.8 Å². The fourth-order valence-corrected chi connectivity index (χ4v) is 2.44. The number of methoxy groups -OCH3 is 1. The van der Waals surface area contributed by atoms with Gasteiger partial charge in [-0.3, -0.25) is 9.69 Å². The lowest BCUT2D eigenvalue weighted by Crippen LogP contribution is -2.35. The molecular weight excluding hydrogens is 342 g/mol. The van der Waals surface area contributed by atoms with Crippen molar-refractivity contribution in [1.82, 2.24) is 4.90 Å². The first-order valence-corrected chi connectivity index (χ1v) is 8.17. The summed E-state index contributed by atoms with van der Waals surface area (Å²) in [7, 11) is 1.60. The van der Waals surface area contributed by atoms with Crippen molar-refractivity contribution in [3.63, 3.8) is 0 Å². The second-order valence-corrected chi connectivity index (χ2v) is 5.61. The maximum atomic E-state index is 12.5. The molecular formula is C19H22F2N2O3. The number of para-hydroxylation sites is 2. The summed E-state index contributed by atoms with van der Waals surface area (Å²) in [6.07, 6.45) is 0. The molecule has 0 aromatic heterocycles. The Hall–Kier alpha value is -2.51. The van der Waals surface area contributed by atoms with Crippen LogP contribution in [-0.2, 0) is 16.1 Å². The lowest BCUT2D eigenvalue weighted by molar-refractivity contribution is -0.117. The molecule has 7 heteroatoms. The van der Waals surface area contributed by atoms with Crippen LogP contribution in [0.15, 0.2) is 54.6 Å². The fourth-order valence-electron chi connectivity index (χ4n) is 2.44. The molecule has 1 N–H and O–H groups in total. The number of nitrogens with one attached hydrogen (secondary N) is 1. The van der Waals surface area contributed by atoms with Gasteiger partial charge in [0.1, 0.15) is 5.75 Å². The fraction of sp³-hybridized carbons (Fsp3) is 0.316. The van der Waals surface area contributed by atoms with E-state index in [2.05, 4.69) is 10.1 Å². The van der Waals surface area contributed by atoms with Gasteiger partial charge in [0.2, 0.25) is 5.91 Å². The van der Waals surface area contributed by atoms with Crippen LogP contribution in [0, 0.1) is 0 Å². The first-order valence-electron chi connectivity index (χ1n) is 8.17. The molecule has 2 rings (SSSR count). The predicted octanol–water partition coefficient (Wildman–Crippen LogP) is 3.38. The first-order chi connectivity index (χ1) is 12.6. The average Bonchev–Trinajstić information content (AvgIpc) is 2.62. The van der Waals surface area contributed by atoms with Crippen molar-refractivity contribution in [2.75, 3.05) is 32.1 Å². The molecule has 2 aromatic carbocycles. The van der Waals surface area contributed by atoms with Crippen LogP contribution < -0.4 is 10.1 Å². The van der Waals surface area contributed by atoms with E-state index in [0.717, 1.165) is 5.56 Å². The third-order valence-electron chi connectivity index (χ3n) is 3.61. The normalized spacial score (nSPS) is 11.0. The van der Waals surface area contributed by atoms with Gasteiger partial charge in [0.15, 0.2) is 0 Å². The number of hydrogen-bond donors (Lipinski definition) is 1. The zero-order valence-corrected chi connectivity index (χ0v) is 14.5. The van der Waals surface area contributed by atoms with Crippen molar-refractivity contribution in [2.45, 2.75) is 13.2 Å². The number of amides is 1. The quantitative estimate of drug-likeness (QED) is 0.702. The minimum atomic E-state index is -2.95.